The number of nitrogens with zero attached hydrogens (tertiary/aromatic N) is 2. The predicted octanol–water partition coefficient (Wildman–Crippen LogP) is 2.25. The molecule has 1 aliphatic heterocycles. The van der Waals surface area contributed by atoms with Crippen molar-refractivity contribution in [1.29, 1.82) is 0 Å². The van der Waals surface area contributed by atoms with Crippen LogP contribution < -0.4 is 15.0 Å². The molecule has 2 heterocycles. The van der Waals surface area contributed by atoms with E-state index in [0.717, 1.165) is 5.56 Å². The summed E-state index contributed by atoms with van der Waals surface area (Å²) in [5.41, 5.74) is 1.52. The number of carbonyl (C=O) groups is 2. The summed E-state index contributed by atoms with van der Waals surface area (Å²) in [5.74, 6) is 0.791. The third kappa shape index (κ3) is 3.15. The smallest absolute Gasteiger partial charge is 0.243 e. The van der Waals surface area contributed by atoms with Crippen molar-refractivity contribution in [1.82, 2.24) is 10.3 Å². The first-order valence-corrected chi connectivity index (χ1v) is 7.41. The normalized spacial score (nSPS) is 12.5. The monoisotopic (exact) mass is 311 g/mol. The molecule has 0 spiro atoms. The van der Waals surface area contributed by atoms with Crippen molar-refractivity contribution >= 4 is 17.5 Å². The van der Waals surface area contributed by atoms with Gasteiger partial charge in [-0.15, -0.1) is 0 Å². The van der Waals surface area contributed by atoms with Gasteiger partial charge in [-0.05, 0) is 18.2 Å². The van der Waals surface area contributed by atoms with E-state index in [2.05, 4.69) is 10.3 Å². The van der Waals surface area contributed by atoms with E-state index in [1.54, 1.807) is 30.3 Å². The molecule has 0 aliphatic carbocycles. The predicted molar refractivity (Wildman–Crippen MR) is 85.2 cm³/mol. The highest BCUT2D eigenvalue weighted by Gasteiger charge is 2.25. The first kappa shape index (κ1) is 15.0. The van der Waals surface area contributed by atoms with Crippen molar-refractivity contribution < 1.29 is 14.3 Å². The summed E-state index contributed by atoms with van der Waals surface area (Å²) in [6.07, 6.45) is 1.92. The Morgan fingerprint density at radius 1 is 1.22 bits per heavy atom. The van der Waals surface area contributed by atoms with Gasteiger partial charge < -0.3 is 15.0 Å². The average molecular weight is 311 g/mol. The number of anilines is 1. The molecule has 23 heavy (non-hydrogen) atoms. The number of ether oxygens (including phenoxy) is 1. The van der Waals surface area contributed by atoms with Crippen LogP contribution in [0.4, 0.5) is 5.69 Å². The number of rotatable bonds is 3. The van der Waals surface area contributed by atoms with Gasteiger partial charge in [-0.25, -0.2) is 4.98 Å². The Morgan fingerprint density at radius 3 is 2.87 bits per heavy atom. The Balaban J connectivity index is 1.92. The van der Waals surface area contributed by atoms with Crippen LogP contribution in [0.3, 0.4) is 0 Å². The van der Waals surface area contributed by atoms with Crippen LogP contribution in [-0.4, -0.2) is 23.8 Å². The number of carbonyl (C=O) groups excluding carboxylic acids is 2. The summed E-state index contributed by atoms with van der Waals surface area (Å²) in [7, 11) is 1.56. The maximum atomic E-state index is 12.6. The molecular weight excluding hydrogens is 294 g/mol. The molecule has 0 saturated carbocycles. The van der Waals surface area contributed by atoms with E-state index in [1.807, 2.05) is 24.3 Å². The van der Waals surface area contributed by atoms with Crippen LogP contribution in [0.1, 0.15) is 18.4 Å². The van der Waals surface area contributed by atoms with Crippen molar-refractivity contribution in [2.45, 2.75) is 19.4 Å². The lowest BCUT2D eigenvalue weighted by molar-refractivity contribution is -0.125. The zero-order chi connectivity index (χ0) is 16.2. The van der Waals surface area contributed by atoms with Gasteiger partial charge in [-0.1, -0.05) is 18.2 Å². The molecule has 0 radical (unpaired) electrons. The summed E-state index contributed by atoms with van der Waals surface area (Å²) >= 11 is 0. The van der Waals surface area contributed by atoms with Gasteiger partial charge in [0.25, 0.3) is 0 Å². The third-order valence-electron chi connectivity index (χ3n) is 3.70. The first-order valence-electron chi connectivity index (χ1n) is 7.41. The Morgan fingerprint density at radius 2 is 2.04 bits per heavy atom. The molecule has 3 rings (SSSR count). The summed E-state index contributed by atoms with van der Waals surface area (Å²) in [5, 5.41) is 2.52. The van der Waals surface area contributed by atoms with Gasteiger partial charge in [0.15, 0.2) is 0 Å². The van der Waals surface area contributed by atoms with Crippen molar-refractivity contribution in [2.75, 3.05) is 11.9 Å². The van der Waals surface area contributed by atoms with Gasteiger partial charge >= 0.3 is 0 Å². The van der Waals surface area contributed by atoms with Crippen LogP contribution in [0.5, 0.6) is 11.6 Å². The minimum absolute atomic E-state index is 0.135. The fourth-order valence-corrected chi connectivity index (χ4v) is 2.46. The Kier molecular flexibility index (Phi) is 4.23. The largest absolute Gasteiger partial charge is 0.437 e. The number of fused-ring (bicyclic) bond motifs is 2. The number of hydrogen-bond donors (Lipinski definition) is 1. The van der Waals surface area contributed by atoms with E-state index < -0.39 is 0 Å². The maximum Gasteiger partial charge on any atom is 0.243 e. The van der Waals surface area contributed by atoms with Crippen LogP contribution in [0.2, 0.25) is 0 Å². The number of amides is 2. The Labute approximate surface area is 134 Å². The summed E-state index contributed by atoms with van der Waals surface area (Å²) in [6, 6.07) is 11.1. The van der Waals surface area contributed by atoms with Gasteiger partial charge in [0.2, 0.25) is 17.7 Å². The lowest BCUT2D eigenvalue weighted by atomic mass is 10.1. The van der Waals surface area contributed by atoms with Crippen LogP contribution in [-0.2, 0) is 16.1 Å². The van der Waals surface area contributed by atoms with Crippen molar-refractivity contribution in [3.63, 3.8) is 0 Å². The second kappa shape index (κ2) is 6.48. The molecule has 0 fully saturated rings. The molecule has 2 aromatic rings. The first-order chi connectivity index (χ1) is 11.2. The standard InChI is InChI=1S/C17H17N3O3/c1-18-15(21)8-9-16(22)20-11-12-5-2-3-7-14(12)23-17-13(20)6-4-10-19-17/h2-7,10H,8-9,11H2,1H3,(H,18,21). The summed E-state index contributed by atoms with van der Waals surface area (Å²) < 4.78 is 5.85. The zero-order valence-corrected chi connectivity index (χ0v) is 12.8. The van der Waals surface area contributed by atoms with Crippen molar-refractivity contribution in [2.24, 2.45) is 0 Å². The van der Waals surface area contributed by atoms with Crippen LogP contribution in [0, 0.1) is 0 Å². The molecule has 0 atom stereocenters. The lowest BCUT2D eigenvalue weighted by Crippen LogP contribution is -2.31. The van der Waals surface area contributed by atoms with Crippen LogP contribution in [0.15, 0.2) is 42.6 Å². The molecule has 0 bridgehead atoms. The minimum atomic E-state index is -0.156. The molecular formula is C17H17N3O3. The second-order valence-corrected chi connectivity index (χ2v) is 5.19. The highest BCUT2D eigenvalue weighted by molar-refractivity contribution is 5.96. The van der Waals surface area contributed by atoms with Gasteiger partial charge in [0, 0.05) is 31.6 Å². The van der Waals surface area contributed by atoms with E-state index in [4.69, 9.17) is 4.74 Å². The fourth-order valence-electron chi connectivity index (χ4n) is 2.46. The van der Waals surface area contributed by atoms with E-state index in [9.17, 15) is 9.59 Å². The second-order valence-electron chi connectivity index (χ2n) is 5.19. The molecule has 6 heteroatoms. The number of aromatic nitrogens is 1. The van der Waals surface area contributed by atoms with Crippen LogP contribution >= 0.6 is 0 Å². The van der Waals surface area contributed by atoms with E-state index in [1.165, 1.54) is 0 Å². The molecule has 1 aromatic heterocycles. The number of pyridine rings is 1. The van der Waals surface area contributed by atoms with Crippen LogP contribution in [0.25, 0.3) is 0 Å². The van der Waals surface area contributed by atoms with E-state index in [0.29, 0.717) is 23.9 Å². The molecule has 1 aliphatic rings. The van der Waals surface area contributed by atoms with Gasteiger partial charge in [-0.3, -0.25) is 9.59 Å². The highest BCUT2D eigenvalue weighted by Crippen LogP contribution is 2.37. The highest BCUT2D eigenvalue weighted by atomic mass is 16.5. The number of nitrogens with one attached hydrogen (secondary N) is 1. The van der Waals surface area contributed by atoms with Gasteiger partial charge in [0.05, 0.1) is 6.54 Å². The third-order valence-corrected chi connectivity index (χ3v) is 3.70. The van der Waals surface area contributed by atoms with Crippen molar-refractivity contribution in [3.05, 3.63) is 48.2 Å². The molecule has 0 saturated heterocycles. The Hall–Kier alpha value is -2.89. The fraction of sp³-hybridized carbons (Fsp3) is 0.235. The number of hydrogen-bond acceptors (Lipinski definition) is 4. The topological polar surface area (TPSA) is 71.5 Å². The minimum Gasteiger partial charge on any atom is -0.437 e. The quantitative estimate of drug-likeness (QED) is 0.943. The zero-order valence-electron chi connectivity index (χ0n) is 12.8. The lowest BCUT2D eigenvalue weighted by Gasteiger charge is -2.21. The van der Waals surface area contributed by atoms with Gasteiger partial charge in [-0.2, -0.15) is 0 Å². The summed E-state index contributed by atoms with van der Waals surface area (Å²) in [4.78, 5) is 29.8. The molecule has 0 unspecified atom stereocenters. The number of benzene rings is 1. The molecule has 1 aromatic carbocycles. The SMILES string of the molecule is CNC(=O)CCC(=O)N1Cc2ccccc2Oc2ncccc21. The molecule has 118 valence electrons. The molecule has 6 nitrogen and oxygen atoms in total. The Bertz CT molecular complexity index is 745. The molecule has 1 N–H and O–H groups in total. The maximum absolute atomic E-state index is 12.6. The van der Waals surface area contributed by atoms with Gasteiger partial charge in [0.1, 0.15) is 11.4 Å². The number of para-hydroxylation sites is 1. The van der Waals surface area contributed by atoms with E-state index in [-0.39, 0.29) is 24.7 Å². The average Bonchev–Trinajstić information content (AvgIpc) is 2.75. The van der Waals surface area contributed by atoms with Crippen molar-refractivity contribution in [3.8, 4) is 11.6 Å². The summed E-state index contributed by atoms with van der Waals surface area (Å²) in [6.45, 7) is 0.390. The molecule has 2 amide bonds. The van der Waals surface area contributed by atoms with E-state index >= 15 is 0 Å².